The molecule has 6 aromatic rings. The number of esters is 2. The predicted molar refractivity (Wildman–Crippen MR) is 160 cm³/mol. The number of ether oxygens (including phenoxy) is 4. The summed E-state index contributed by atoms with van der Waals surface area (Å²) >= 11 is 0. The standard InChI is InChI=1S/2C16H14N2O4/c2*1-18-14-8-15(22-12-5-3-11(19)4-6-12)13(16(20)21-2)7-10(14)9-17-18/h2*3-9,19H,1-2H3. The van der Waals surface area contributed by atoms with E-state index in [0.29, 0.717) is 34.1 Å². The lowest BCUT2D eigenvalue weighted by molar-refractivity contribution is 0.0589. The quantitative estimate of drug-likeness (QED) is 0.229. The highest BCUT2D eigenvalue weighted by atomic mass is 16.5. The van der Waals surface area contributed by atoms with Crippen LogP contribution >= 0.6 is 0 Å². The topological polar surface area (TPSA) is 147 Å². The summed E-state index contributed by atoms with van der Waals surface area (Å²) in [6, 6.07) is 19.3. The van der Waals surface area contributed by atoms with E-state index in [1.807, 2.05) is 14.1 Å². The molecule has 0 spiro atoms. The molecule has 12 heteroatoms. The number of aromatic hydroxyl groups is 2. The number of aryl methyl sites for hydroxylation is 2. The van der Waals surface area contributed by atoms with E-state index in [1.165, 1.54) is 38.5 Å². The van der Waals surface area contributed by atoms with Gasteiger partial charge in [0.05, 0.1) is 37.6 Å². The summed E-state index contributed by atoms with van der Waals surface area (Å²) in [6.45, 7) is 0. The van der Waals surface area contributed by atoms with E-state index in [1.54, 1.807) is 70.3 Å². The smallest absolute Gasteiger partial charge is 0.341 e. The van der Waals surface area contributed by atoms with Crippen LogP contribution in [0.3, 0.4) is 0 Å². The fourth-order valence-corrected chi connectivity index (χ4v) is 4.35. The van der Waals surface area contributed by atoms with Crippen molar-refractivity contribution in [3.63, 3.8) is 0 Å². The molecule has 0 saturated carbocycles. The maximum Gasteiger partial charge on any atom is 0.341 e. The number of benzene rings is 4. The Morgan fingerprint density at radius 2 is 0.977 bits per heavy atom. The number of nitrogens with zero attached hydrogens (tertiary/aromatic N) is 4. The molecular formula is C32H28N4O8. The highest BCUT2D eigenvalue weighted by Gasteiger charge is 2.18. The Morgan fingerprint density at radius 3 is 1.32 bits per heavy atom. The van der Waals surface area contributed by atoms with Crippen LogP contribution in [0.1, 0.15) is 20.7 Å². The Balaban J connectivity index is 0.000000175. The second kappa shape index (κ2) is 12.4. The zero-order chi connectivity index (χ0) is 31.4. The molecule has 0 radical (unpaired) electrons. The molecule has 0 aliphatic carbocycles. The number of phenolic OH excluding ortho intramolecular Hbond substituents is 2. The number of carbonyl (C=O) groups is 2. The maximum absolute atomic E-state index is 12.0. The van der Waals surface area contributed by atoms with E-state index in [9.17, 15) is 19.8 Å². The van der Waals surface area contributed by atoms with Gasteiger partial charge in [0.15, 0.2) is 0 Å². The van der Waals surface area contributed by atoms with E-state index in [0.717, 1.165) is 21.8 Å². The van der Waals surface area contributed by atoms with Crippen molar-refractivity contribution in [2.24, 2.45) is 14.1 Å². The van der Waals surface area contributed by atoms with Crippen LogP contribution in [0.4, 0.5) is 0 Å². The lowest BCUT2D eigenvalue weighted by Gasteiger charge is -2.11. The molecule has 2 N–H and O–H groups in total. The number of fused-ring (bicyclic) bond motifs is 2. The first-order valence-electron chi connectivity index (χ1n) is 13.2. The van der Waals surface area contributed by atoms with E-state index >= 15 is 0 Å². The van der Waals surface area contributed by atoms with Crippen LogP contribution in [0.2, 0.25) is 0 Å². The number of rotatable bonds is 6. The van der Waals surface area contributed by atoms with Crippen molar-refractivity contribution in [3.8, 4) is 34.5 Å². The number of hydrogen-bond acceptors (Lipinski definition) is 10. The summed E-state index contributed by atoms with van der Waals surface area (Å²) in [6.07, 6.45) is 3.35. The average Bonchev–Trinajstić information content (AvgIpc) is 3.58. The van der Waals surface area contributed by atoms with Crippen molar-refractivity contribution in [1.29, 1.82) is 0 Å². The van der Waals surface area contributed by atoms with Gasteiger partial charge in [-0.3, -0.25) is 9.36 Å². The molecule has 0 saturated heterocycles. The molecule has 0 fully saturated rings. The molecule has 0 bridgehead atoms. The molecule has 4 aromatic carbocycles. The number of methoxy groups -OCH3 is 2. The van der Waals surface area contributed by atoms with E-state index < -0.39 is 11.9 Å². The van der Waals surface area contributed by atoms with Gasteiger partial charge in [0.25, 0.3) is 0 Å². The molecule has 6 rings (SSSR count). The second-order valence-electron chi connectivity index (χ2n) is 9.53. The van der Waals surface area contributed by atoms with Gasteiger partial charge in [0.2, 0.25) is 0 Å². The van der Waals surface area contributed by atoms with Crippen LogP contribution in [0, 0.1) is 0 Å². The predicted octanol–water partition coefficient (Wildman–Crippen LogP) is 5.72. The fraction of sp³-hybridized carbons (Fsp3) is 0.125. The maximum atomic E-state index is 12.0. The van der Waals surface area contributed by atoms with Crippen molar-refractivity contribution < 1.29 is 38.7 Å². The number of carbonyl (C=O) groups excluding carboxylic acids is 2. The highest BCUT2D eigenvalue weighted by Crippen LogP contribution is 2.32. The van der Waals surface area contributed by atoms with Crippen LogP contribution in [0.15, 0.2) is 85.2 Å². The van der Waals surface area contributed by atoms with Gasteiger partial charge in [-0.1, -0.05) is 0 Å². The average molecular weight is 597 g/mol. The Kier molecular flexibility index (Phi) is 8.33. The minimum atomic E-state index is -0.487. The Morgan fingerprint density at radius 1 is 0.614 bits per heavy atom. The summed E-state index contributed by atoms with van der Waals surface area (Å²) in [7, 11) is 6.26. The highest BCUT2D eigenvalue weighted by molar-refractivity contribution is 5.98. The molecule has 0 aliphatic heterocycles. The third kappa shape index (κ3) is 6.23. The second-order valence-corrected chi connectivity index (χ2v) is 9.53. The molecule has 2 heterocycles. The first kappa shape index (κ1) is 29.5. The van der Waals surface area contributed by atoms with Gasteiger partial charge in [0.1, 0.15) is 45.6 Å². The van der Waals surface area contributed by atoms with E-state index in [2.05, 4.69) is 10.2 Å². The summed E-state index contributed by atoms with van der Waals surface area (Å²) in [4.78, 5) is 23.9. The van der Waals surface area contributed by atoms with Crippen molar-refractivity contribution >= 4 is 33.7 Å². The minimum absolute atomic E-state index is 0.141. The number of aromatic nitrogens is 4. The van der Waals surface area contributed by atoms with Gasteiger partial charge in [-0.15, -0.1) is 0 Å². The molecule has 44 heavy (non-hydrogen) atoms. The Hall–Kier alpha value is -6.04. The van der Waals surface area contributed by atoms with Crippen LogP contribution in [0.25, 0.3) is 21.8 Å². The van der Waals surface area contributed by atoms with Gasteiger partial charge in [-0.2, -0.15) is 10.2 Å². The molecule has 0 unspecified atom stereocenters. The molecule has 224 valence electrons. The van der Waals surface area contributed by atoms with Gasteiger partial charge in [0, 0.05) is 37.0 Å². The first-order chi connectivity index (χ1) is 21.2. The lowest BCUT2D eigenvalue weighted by atomic mass is 10.1. The van der Waals surface area contributed by atoms with Crippen molar-refractivity contribution in [2.75, 3.05) is 14.2 Å². The van der Waals surface area contributed by atoms with Crippen molar-refractivity contribution in [1.82, 2.24) is 19.6 Å². The van der Waals surface area contributed by atoms with Crippen molar-refractivity contribution in [3.05, 3.63) is 96.3 Å². The van der Waals surface area contributed by atoms with Crippen LogP contribution in [-0.2, 0) is 23.6 Å². The van der Waals surface area contributed by atoms with Gasteiger partial charge < -0.3 is 29.2 Å². The summed E-state index contributed by atoms with van der Waals surface area (Å²) in [5, 5.41) is 28.6. The largest absolute Gasteiger partial charge is 0.508 e. The van der Waals surface area contributed by atoms with Crippen LogP contribution in [-0.4, -0.2) is 55.9 Å². The molecule has 0 atom stereocenters. The molecule has 0 amide bonds. The lowest BCUT2D eigenvalue weighted by Crippen LogP contribution is -2.04. The first-order valence-corrected chi connectivity index (χ1v) is 13.2. The van der Waals surface area contributed by atoms with Gasteiger partial charge in [-0.25, -0.2) is 9.59 Å². The van der Waals surface area contributed by atoms with Gasteiger partial charge >= 0.3 is 11.9 Å². The van der Waals surface area contributed by atoms with Crippen LogP contribution < -0.4 is 9.47 Å². The Labute approximate surface area is 251 Å². The fourth-order valence-electron chi connectivity index (χ4n) is 4.35. The van der Waals surface area contributed by atoms with Gasteiger partial charge in [-0.05, 0) is 60.7 Å². The van der Waals surface area contributed by atoms with E-state index in [-0.39, 0.29) is 11.5 Å². The Bertz CT molecular complexity index is 1820. The third-order valence-corrected chi connectivity index (χ3v) is 6.63. The summed E-state index contributed by atoms with van der Waals surface area (Å²) in [5.74, 6) is 1.06. The van der Waals surface area contributed by atoms with Crippen LogP contribution in [0.5, 0.6) is 34.5 Å². The zero-order valence-corrected chi connectivity index (χ0v) is 24.2. The SMILES string of the molecule is COC(=O)c1cc2cnn(C)c2cc1Oc1ccc(O)cc1.COC(=O)c1cc2cnn(C)c2cc1Oc1ccc(O)cc1. The summed E-state index contributed by atoms with van der Waals surface area (Å²) < 4.78 is 24.5. The molecule has 12 nitrogen and oxygen atoms in total. The van der Waals surface area contributed by atoms with Crippen molar-refractivity contribution in [2.45, 2.75) is 0 Å². The zero-order valence-electron chi connectivity index (χ0n) is 24.2. The normalized spacial score (nSPS) is 10.6. The summed E-state index contributed by atoms with van der Waals surface area (Å²) in [5.41, 5.74) is 2.30. The molecular weight excluding hydrogens is 568 g/mol. The third-order valence-electron chi connectivity index (χ3n) is 6.63. The molecule has 2 aromatic heterocycles. The minimum Gasteiger partial charge on any atom is -0.508 e. The number of phenols is 2. The monoisotopic (exact) mass is 596 g/mol. The molecule has 0 aliphatic rings. The van der Waals surface area contributed by atoms with E-state index in [4.69, 9.17) is 18.9 Å². The number of hydrogen-bond donors (Lipinski definition) is 2.